The topological polar surface area (TPSA) is 82.3 Å². The van der Waals surface area contributed by atoms with Crippen molar-refractivity contribution in [2.75, 3.05) is 6.54 Å². The molecule has 5 heteroatoms. The molecule has 3 aromatic rings. The number of fused-ring (bicyclic) bond motifs is 1. The van der Waals surface area contributed by atoms with Crippen molar-refractivity contribution >= 4 is 22.5 Å². The molecule has 0 radical (unpaired) electrons. The second-order valence-electron chi connectivity index (χ2n) is 8.20. The molecule has 0 fully saturated rings. The molecular formula is C24H26N2O3. The molecule has 1 unspecified atom stereocenters. The number of rotatable bonds is 6. The van der Waals surface area contributed by atoms with Gasteiger partial charge in [0.2, 0.25) is 0 Å². The molecule has 0 saturated carbocycles. The van der Waals surface area contributed by atoms with Crippen LogP contribution < -0.4 is 10.5 Å². The van der Waals surface area contributed by atoms with Crippen LogP contribution in [0.25, 0.3) is 10.8 Å². The van der Waals surface area contributed by atoms with Crippen molar-refractivity contribution in [2.24, 2.45) is 11.1 Å². The fraction of sp³-hybridized carbons (Fsp3) is 0.292. The van der Waals surface area contributed by atoms with Crippen molar-refractivity contribution in [3.63, 3.8) is 0 Å². The fourth-order valence-electron chi connectivity index (χ4n) is 3.05. The number of hydrogen-bond donors (Lipinski definition) is 1. The number of Topliss-reactive ketones (excluding diaryl/α,β-unsaturated/α-hetero) is 1. The third-order valence-electron chi connectivity index (χ3n) is 4.81. The number of pyridine rings is 1. The lowest BCUT2D eigenvalue weighted by molar-refractivity contribution is -0.143. The highest BCUT2D eigenvalue weighted by atomic mass is 16.5. The maximum Gasteiger partial charge on any atom is 0.316 e. The Balaban J connectivity index is 1.72. The molecule has 0 aliphatic rings. The van der Waals surface area contributed by atoms with E-state index in [1.165, 1.54) is 0 Å². The van der Waals surface area contributed by atoms with Crippen LogP contribution in [-0.4, -0.2) is 23.3 Å². The van der Waals surface area contributed by atoms with Crippen LogP contribution in [0.2, 0.25) is 0 Å². The number of nitrogens with two attached hydrogens (primary N) is 1. The molecule has 2 aromatic carbocycles. The Labute approximate surface area is 170 Å². The number of benzene rings is 2. The molecule has 3 rings (SSSR count). The van der Waals surface area contributed by atoms with Crippen LogP contribution in [0, 0.1) is 5.41 Å². The SMILES string of the molecule is CC(C)(C)C(=O)Oc1ccc(C(CN)C(=O)Cc2ccc3cnccc3c2)cc1. The van der Waals surface area contributed by atoms with E-state index >= 15 is 0 Å². The molecule has 0 aliphatic carbocycles. The van der Waals surface area contributed by atoms with E-state index in [-0.39, 0.29) is 18.3 Å². The predicted octanol–water partition coefficient (Wildman–Crippen LogP) is 4.04. The summed E-state index contributed by atoms with van der Waals surface area (Å²) < 4.78 is 5.38. The van der Waals surface area contributed by atoms with Gasteiger partial charge in [0, 0.05) is 30.7 Å². The van der Waals surface area contributed by atoms with Crippen LogP contribution in [0.15, 0.2) is 60.9 Å². The van der Waals surface area contributed by atoms with E-state index in [0.717, 1.165) is 21.9 Å². The smallest absolute Gasteiger partial charge is 0.316 e. The number of esters is 1. The monoisotopic (exact) mass is 390 g/mol. The third kappa shape index (κ3) is 5.06. The maximum absolute atomic E-state index is 12.9. The average Bonchev–Trinajstić information content (AvgIpc) is 2.69. The van der Waals surface area contributed by atoms with Gasteiger partial charge in [-0.25, -0.2) is 0 Å². The van der Waals surface area contributed by atoms with E-state index in [1.54, 1.807) is 57.4 Å². The number of carbonyl (C=O) groups is 2. The molecule has 1 aromatic heterocycles. The highest BCUT2D eigenvalue weighted by Gasteiger charge is 2.24. The predicted molar refractivity (Wildman–Crippen MR) is 114 cm³/mol. The van der Waals surface area contributed by atoms with Crippen molar-refractivity contribution in [2.45, 2.75) is 33.1 Å². The molecule has 0 saturated heterocycles. The number of aromatic nitrogens is 1. The summed E-state index contributed by atoms with van der Waals surface area (Å²) in [6.45, 7) is 5.62. The first-order valence-electron chi connectivity index (χ1n) is 9.65. The van der Waals surface area contributed by atoms with Crippen molar-refractivity contribution < 1.29 is 14.3 Å². The van der Waals surface area contributed by atoms with Crippen LogP contribution in [0.4, 0.5) is 0 Å². The van der Waals surface area contributed by atoms with Crippen LogP contribution >= 0.6 is 0 Å². The first kappa shape index (κ1) is 20.7. The largest absolute Gasteiger partial charge is 0.426 e. The van der Waals surface area contributed by atoms with E-state index in [9.17, 15) is 9.59 Å². The van der Waals surface area contributed by atoms with E-state index in [0.29, 0.717) is 12.2 Å². The van der Waals surface area contributed by atoms with Gasteiger partial charge in [-0.05, 0) is 55.5 Å². The van der Waals surface area contributed by atoms with Crippen LogP contribution in [0.3, 0.4) is 0 Å². The highest BCUT2D eigenvalue weighted by Crippen LogP contribution is 2.24. The molecule has 0 amide bonds. The standard InChI is InChI=1S/C24H26N2O3/c1-24(2,3)23(28)29-20-8-6-17(7-9-20)21(14-25)22(27)13-16-4-5-19-15-26-11-10-18(19)12-16/h4-12,15,21H,13-14,25H2,1-3H3. The van der Waals surface area contributed by atoms with Gasteiger partial charge >= 0.3 is 5.97 Å². The molecule has 1 heterocycles. The summed E-state index contributed by atoms with van der Waals surface area (Å²) in [6, 6.07) is 14.9. The Bertz CT molecular complexity index is 1020. The maximum atomic E-state index is 12.9. The van der Waals surface area contributed by atoms with Crippen molar-refractivity contribution in [3.8, 4) is 5.75 Å². The van der Waals surface area contributed by atoms with Gasteiger partial charge in [0.15, 0.2) is 0 Å². The van der Waals surface area contributed by atoms with Gasteiger partial charge in [-0.2, -0.15) is 0 Å². The van der Waals surface area contributed by atoms with Gasteiger partial charge in [-0.3, -0.25) is 14.6 Å². The quantitative estimate of drug-likeness (QED) is 0.507. The molecule has 0 aliphatic heterocycles. The van der Waals surface area contributed by atoms with Crippen molar-refractivity contribution in [1.82, 2.24) is 4.98 Å². The number of nitrogens with zero attached hydrogens (tertiary/aromatic N) is 1. The number of hydrogen-bond acceptors (Lipinski definition) is 5. The van der Waals surface area contributed by atoms with Crippen LogP contribution in [0.5, 0.6) is 5.75 Å². The Morgan fingerprint density at radius 1 is 1.03 bits per heavy atom. The van der Waals surface area contributed by atoms with E-state index in [1.807, 2.05) is 24.3 Å². The summed E-state index contributed by atoms with van der Waals surface area (Å²) in [5.41, 5.74) is 7.10. The van der Waals surface area contributed by atoms with E-state index in [4.69, 9.17) is 10.5 Å². The number of carbonyl (C=O) groups excluding carboxylic acids is 2. The number of ether oxygens (including phenoxy) is 1. The van der Waals surface area contributed by atoms with Gasteiger partial charge in [0.25, 0.3) is 0 Å². The highest BCUT2D eigenvalue weighted by molar-refractivity contribution is 5.89. The zero-order valence-corrected chi connectivity index (χ0v) is 17.0. The Morgan fingerprint density at radius 2 is 1.76 bits per heavy atom. The van der Waals surface area contributed by atoms with Gasteiger partial charge in [-0.15, -0.1) is 0 Å². The molecule has 150 valence electrons. The second-order valence-corrected chi connectivity index (χ2v) is 8.20. The van der Waals surface area contributed by atoms with Gasteiger partial charge < -0.3 is 10.5 Å². The minimum absolute atomic E-state index is 0.0559. The van der Waals surface area contributed by atoms with E-state index in [2.05, 4.69) is 4.98 Å². The average molecular weight is 390 g/mol. The molecule has 0 spiro atoms. The normalized spacial score (nSPS) is 12.6. The zero-order chi connectivity index (χ0) is 21.0. The summed E-state index contributed by atoms with van der Waals surface area (Å²) in [5.74, 6) is -0.195. The molecule has 1 atom stereocenters. The molecule has 2 N–H and O–H groups in total. The summed E-state index contributed by atoms with van der Waals surface area (Å²) in [5, 5.41) is 2.10. The summed E-state index contributed by atoms with van der Waals surface area (Å²) >= 11 is 0. The Morgan fingerprint density at radius 3 is 2.41 bits per heavy atom. The molecule has 29 heavy (non-hydrogen) atoms. The Kier molecular flexibility index (Phi) is 6.09. The lowest BCUT2D eigenvalue weighted by Crippen LogP contribution is -2.25. The van der Waals surface area contributed by atoms with Crippen molar-refractivity contribution in [3.05, 3.63) is 72.1 Å². The summed E-state index contributed by atoms with van der Waals surface area (Å²) in [7, 11) is 0. The zero-order valence-electron chi connectivity index (χ0n) is 17.0. The second kappa shape index (κ2) is 8.53. The molecule has 5 nitrogen and oxygen atoms in total. The first-order chi connectivity index (χ1) is 13.8. The number of ketones is 1. The van der Waals surface area contributed by atoms with E-state index < -0.39 is 11.3 Å². The Hall–Kier alpha value is -3.05. The van der Waals surface area contributed by atoms with Crippen LogP contribution in [-0.2, 0) is 16.0 Å². The van der Waals surface area contributed by atoms with Crippen LogP contribution in [0.1, 0.15) is 37.8 Å². The van der Waals surface area contributed by atoms with Gasteiger partial charge in [-0.1, -0.05) is 30.3 Å². The third-order valence-corrected chi connectivity index (χ3v) is 4.81. The molecular weight excluding hydrogens is 364 g/mol. The van der Waals surface area contributed by atoms with Gasteiger partial charge in [0.05, 0.1) is 11.3 Å². The van der Waals surface area contributed by atoms with Gasteiger partial charge in [0.1, 0.15) is 11.5 Å². The summed E-state index contributed by atoms with van der Waals surface area (Å²) in [6.07, 6.45) is 3.85. The lowest BCUT2D eigenvalue weighted by Gasteiger charge is -2.17. The lowest BCUT2D eigenvalue weighted by atomic mass is 9.90. The molecule has 0 bridgehead atoms. The summed E-state index contributed by atoms with van der Waals surface area (Å²) in [4.78, 5) is 29.0. The minimum Gasteiger partial charge on any atom is -0.426 e. The first-order valence-corrected chi connectivity index (χ1v) is 9.65. The van der Waals surface area contributed by atoms with Crippen molar-refractivity contribution in [1.29, 1.82) is 0 Å². The minimum atomic E-state index is -0.579. The fourth-order valence-corrected chi connectivity index (χ4v) is 3.05.